The highest BCUT2D eigenvalue weighted by Crippen LogP contribution is 2.27. The van der Waals surface area contributed by atoms with Gasteiger partial charge in [0.15, 0.2) is 0 Å². The van der Waals surface area contributed by atoms with Crippen LogP contribution in [0.25, 0.3) is 0 Å². The number of rotatable bonds is 2. The first-order chi connectivity index (χ1) is 8.61. The highest BCUT2D eigenvalue weighted by molar-refractivity contribution is 6.31. The molecule has 0 bridgehead atoms. The van der Waals surface area contributed by atoms with Crippen molar-refractivity contribution >= 4 is 23.2 Å². The number of carbonyl (C=O) groups is 1. The maximum atomic E-state index is 12.1. The van der Waals surface area contributed by atoms with Crippen molar-refractivity contribution in [1.82, 2.24) is 0 Å². The molecule has 18 heavy (non-hydrogen) atoms. The van der Waals surface area contributed by atoms with Crippen molar-refractivity contribution in [1.29, 1.82) is 5.26 Å². The lowest BCUT2D eigenvalue weighted by atomic mass is 10.0. The lowest BCUT2D eigenvalue weighted by molar-refractivity contribution is -0.120. The SMILES string of the molecule is N#Cc1ccc(Cl)cc1NC(=O)C1CCCC1N. The average molecular weight is 264 g/mol. The first-order valence-electron chi connectivity index (χ1n) is 5.88. The number of hydrogen-bond acceptors (Lipinski definition) is 3. The van der Waals surface area contributed by atoms with Crippen molar-refractivity contribution in [3.8, 4) is 6.07 Å². The van der Waals surface area contributed by atoms with E-state index >= 15 is 0 Å². The van der Waals surface area contributed by atoms with Gasteiger partial charge in [-0.25, -0.2) is 0 Å². The summed E-state index contributed by atoms with van der Waals surface area (Å²) in [7, 11) is 0. The van der Waals surface area contributed by atoms with Crippen molar-refractivity contribution in [3.63, 3.8) is 0 Å². The van der Waals surface area contributed by atoms with Gasteiger partial charge >= 0.3 is 0 Å². The van der Waals surface area contributed by atoms with E-state index in [1.54, 1.807) is 18.2 Å². The number of anilines is 1. The van der Waals surface area contributed by atoms with Crippen LogP contribution in [-0.4, -0.2) is 11.9 Å². The molecule has 0 heterocycles. The number of halogens is 1. The summed E-state index contributed by atoms with van der Waals surface area (Å²) >= 11 is 5.86. The van der Waals surface area contributed by atoms with E-state index in [9.17, 15) is 4.79 Å². The van der Waals surface area contributed by atoms with E-state index in [2.05, 4.69) is 5.32 Å². The van der Waals surface area contributed by atoms with Crippen LogP contribution in [0.15, 0.2) is 18.2 Å². The summed E-state index contributed by atoms with van der Waals surface area (Å²) in [6, 6.07) is 6.73. The molecular formula is C13H14ClN3O. The molecule has 1 aromatic carbocycles. The Morgan fingerprint density at radius 2 is 2.28 bits per heavy atom. The smallest absolute Gasteiger partial charge is 0.229 e. The maximum Gasteiger partial charge on any atom is 0.229 e. The van der Waals surface area contributed by atoms with Crippen molar-refractivity contribution in [2.24, 2.45) is 11.7 Å². The molecule has 94 valence electrons. The Bertz CT molecular complexity index is 509. The van der Waals surface area contributed by atoms with E-state index < -0.39 is 0 Å². The van der Waals surface area contributed by atoms with Crippen LogP contribution in [0, 0.1) is 17.2 Å². The minimum Gasteiger partial charge on any atom is -0.327 e. The molecule has 5 heteroatoms. The maximum absolute atomic E-state index is 12.1. The van der Waals surface area contributed by atoms with Crippen LogP contribution in [0.5, 0.6) is 0 Å². The summed E-state index contributed by atoms with van der Waals surface area (Å²) in [6.07, 6.45) is 2.65. The second kappa shape index (κ2) is 5.38. The molecule has 2 rings (SSSR count). The molecule has 4 nitrogen and oxygen atoms in total. The summed E-state index contributed by atoms with van der Waals surface area (Å²) in [5, 5.41) is 12.2. The zero-order valence-electron chi connectivity index (χ0n) is 9.82. The molecule has 2 atom stereocenters. The third-order valence-electron chi connectivity index (χ3n) is 3.27. The number of nitrogens with zero attached hydrogens (tertiary/aromatic N) is 1. The third-order valence-corrected chi connectivity index (χ3v) is 3.50. The summed E-state index contributed by atoms with van der Waals surface area (Å²) in [6.45, 7) is 0. The Kier molecular flexibility index (Phi) is 3.85. The van der Waals surface area contributed by atoms with Crippen LogP contribution in [0.3, 0.4) is 0 Å². The molecule has 1 aliphatic rings. The largest absolute Gasteiger partial charge is 0.327 e. The van der Waals surface area contributed by atoms with Crippen molar-refractivity contribution in [2.75, 3.05) is 5.32 Å². The van der Waals surface area contributed by atoms with Gasteiger partial charge in [-0.1, -0.05) is 18.0 Å². The molecule has 1 saturated carbocycles. The quantitative estimate of drug-likeness (QED) is 0.859. The lowest BCUT2D eigenvalue weighted by Gasteiger charge is -2.15. The normalized spacial score (nSPS) is 22.5. The fraction of sp³-hybridized carbons (Fsp3) is 0.385. The summed E-state index contributed by atoms with van der Waals surface area (Å²) in [5.41, 5.74) is 6.74. The van der Waals surface area contributed by atoms with E-state index in [0.29, 0.717) is 16.3 Å². The lowest BCUT2D eigenvalue weighted by Crippen LogP contribution is -2.34. The van der Waals surface area contributed by atoms with Gasteiger partial charge in [0, 0.05) is 11.1 Å². The Labute approximate surface area is 111 Å². The monoisotopic (exact) mass is 263 g/mol. The summed E-state index contributed by atoms with van der Waals surface area (Å²) < 4.78 is 0. The van der Waals surface area contributed by atoms with Gasteiger partial charge in [-0.15, -0.1) is 0 Å². The molecule has 0 aliphatic heterocycles. The summed E-state index contributed by atoms with van der Waals surface area (Å²) in [5.74, 6) is -0.297. The second-order valence-electron chi connectivity index (χ2n) is 4.49. The Balaban J connectivity index is 2.16. The number of nitrogens with two attached hydrogens (primary N) is 1. The van der Waals surface area contributed by atoms with Gasteiger partial charge in [0.05, 0.1) is 17.2 Å². The number of amides is 1. The Morgan fingerprint density at radius 3 is 2.89 bits per heavy atom. The van der Waals surface area contributed by atoms with Crippen molar-refractivity contribution in [3.05, 3.63) is 28.8 Å². The molecule has 1 fully saturated rings. The van der Waals surface area contributed by atoms with E-state index in [1.165, 1.54) is 0 Å². The van der Waals surface area contributed by atoms with Gasteiger partial charge in [-0.2, -0.15) is 5.26 Å². The van der Waals surface area contributed by atoms with Crippen LogP contribution in [0.2, 0.25) is 5.02 Å². The second-order valence-corrected chi connectivity index (χ2v) is 4.93. The molecule has 1 amide bonds. The molecule has 0 radical (unpaired) electrons. The van der Waals surface area contributed by atoms with Crippen LogP contribution in [-0.2, 0) is 4.79 Å². The van der Waals surface area contributed by atoms with Crippen LogP contribution in [0.4, 0.5) is 5.69 Å². The van der Waals surface area contributed by atoms with E-state index in [0.717, 1.165) is 19.3 Å². The first kappa shape index (κ1) is 12.9. The average Bonchev–Trinajstić information content (AvgIpc) is 2.76. The van der Waals surface area contributed by atoms with Gasteiger partial charge in [0.1, 0.15) is 6.07 Å². The zero-order valence-corrected chi connectivity index (χ0v) is 10.6. The third kappa shape index (κ3) is 2.63. The van der Waals surface area contributed by atoms with Gasteiger partial charge in [0.2, 0.25) is 5.91 Å². The fourth-order valence-corrected chi connectivity index (χ4v) is 2.43. The molecular weight excluding hydrogens is 250 g/mol. The predicted octanol–water partition coefficient (Wildman–Crippen LogP) is 2.28. The molecule has 1 aliphatic carbocycles. The van der Waals surface area contributed by atoms with Crippen LogP contribution in [0.1, 0.15) is 24.8 Å². The van der Waals surface area contributed by atoms with E-state index in [4.69, 9.17) is 22.6 Å². The molecule has 0 spiro atoms. The Hall–Kier alpha value is -1.57. The van der Waals surface area contributed by atoms with Crippen molar-refractivity contribution in [2.45, 2.75) is 25.3 Å². The number of hydrogen-bond donors (Lipinski definition) is 2. The molecule has 3 N–H and O–H groups in total. The Morgan fingerprint density at radius 1 is 1.50 bits per heavy atom. The summed E-state index contributed by atoms with van der Waals surface area (Å²) in [4.78, 5) is 12.1. The first-order valence-corrected chi connectivity index (χ1v) is 6.25. The van der Waals surface area contributed by atoms with Crippen molar-refractivity contribution < 1.29 is 4.79 Å². The molecule has 0 saturated heterocycles. The molecule has 2 unspecified atom stereocenters. The molecule has 1 aromatic rings. The number of nitriles is 1. The minimum absolute atomic E-state index is 0.0882. The predicted molar refractivity (Wildman–Crippen MR) is 70.1 cm³/mol. The zero-order chi connectivity index (χ0) is 13.1. The minimum atomic E-state index is -0.171. The highest BCUT2D eigenvalue weighted by atomic mass is 35.5. The standard InChI is InChI=1S/C13H14ClN3O/c14-9-5-4-8(7-15)12(6-9)17-13(18)10-2-1-3-11(10)16/h4-6,10-11H,1-3,16H2,(H,17,18). The van der Waals surface area contributed by atoms with E-state index in [-0.39, 0.29) is 17.9 Å². The van der Waals surface area contributed by atoms with Gasteiger partial charge in [-0.05, 0) is 31.0 Å². The van der Waals surface area contributed by atoms with Gasteiger partial charge in [-0.3, -0.25) is 4.79 Å². The number of carbonyl (C=O) groups excluding carboxylic acids is 1. The van der Waals surface area contributed by atoms with Gasteiger partial charge in [0.25, 0.3) is 0 Å². The fourth-order valence-electron chi connectivity index (χ4n) is 2.26. The van der Waals surface area contributed by atoms with Gasteiger partial charge < -0.3 is 11.1 Å². The van der Waals surface area contributed by atoms with E-state index in [1.807, 2.05) is 6.07 Å². The van der Waals surface area contributed by atoms with Crippen LogP contribution < -0.4 is 11.1 Å². The number of benzene rings is 1. The molecule has 0 aromatic heterocycles. The highest BCUT2D eigenvalue weighted by Gasteiger charge is 2.30. The number of nitrogens with one attached hydrogen (secondary N) is 1. The van der Waals surface area contributed by atoms with Crippen LogP contribution >= 0.6 is 11.6 Å². The topological polar surface area (TPSA) is 78.9 Å².